The fourth-order valence-corrected chi connectivity index (χ4v) is 1.47. The lowest BCUT2D eigenvalue weighted by molar-refractivity contribution is 0.175. The highest BCUT2D eigenvalue weighted by atomic mass is 32.2. The number of nitrogens with zero attached hydrogens (tertiary/aromatic N) is 2. The molecule has 1 atom stereocenters. The molecule has 68 valence electrons. The van der Waals surface area contributed by atoms with Gasteiger partial charge in [-0.15, -0.1) is 0 Å². The second-order valence-corrected chi connectivity index (χ2v) is 3.73. The minimum Gasteiger partial charge on any atom is -0.388 e. The molecule has 0 amide bonds. The first kappa shape index (κ1) is 9.61. The van der Waals surface area contributed by atoms with Crippen molar-refractivity contribution in [2.75, 3.05) is 12.0 Å². The molecule has 1 N–H and O–H groups in total. The van der Waals surface area contributed by atoms with Crippen molar-refractivity contribution in [3.8, 4) is 0 Å². The molecule has 0 aliphatic carbocycles. The largest absolute Gasteiger partial charge is 0.388 e. The Morgan fingerprint density at radius 1 is 1.75 bits per heavy atom. The third-order valence-corrected chi connectivity index (χ3v) is 2.35. The number of aromatic nitrogens is 2. The Labute approximate surface area is 76.8 Å². The molecular weight excluding hydrogens is 172 g/mol. The summed E-state index contributed by atoms with van der Waals surface area (Å²) in [6.45, 7) is 0. The van der Waals surface area contributed by atoms with Gasteiger partial charge in [-0.25, -0.2) is 0 Å². The Kier molecular flexibility index (Phi) is 3.62. The van der Waals surface area contributed by atoms with Gasteiger partial charge in [0.05, 0.1) is 12.3 Å². The average Bonchev–Trinajstić information content (AvgIpc) is 2.47. The number of thioether (sulfide) groups is 1. The summed E-state index contributed by atoms with van der Waals surface area (Å²) in [5.74, 6) is 0.982. The highest BCUT2D eigenvalue weighted by Gasteiger charge is 2.07. The van der Waals surface area contributed by atoms with E-state index in [2.05, 4.69) is 5.10 Å². The van der Waals surface area contributed by atoms with Gasteiger partial charge in [-0.05, 0) is 18.4 Å². The van der Waals surface area contributed by atoms with Gasteiger partial charge in [-0.3, -0.25) is 4.68 Å². The summed E-state index contributed by atoms with van der Waals surface area (Å²) in [6.07, 6.45) is 6.05. The fraction of sp³-hybridized carbons (Fsp3) is 0.625. The molecule has 1 heterocycles. The molecule has 0 radical (unpaired) electrons. The molecule has 1 rings (SSSR count). The van der Waals surface area contributed by atoms with E-state index in [0.717, 1.165) is 17.7 Å². The van der Waals surface area contributed by atoms with Gasteiger partial charge in [0.1, 0.15) is 0 Å². The van der Waals surface area contributed by atoms with Gasteiger partial charge < -0.3 is 5.11 Å². The number of aliphatic hydroxyl groups is 1. The zero-order chi connectivity index (χ0) is 8.97. The van der Waals surface area contributed by atoms with E-state index in [4.69, 9.17) is 0 Å². The van der Waals surface area contributed by atoms with Crippen molar-refractivity contribution in [1.29, 1.82) is 0 Å². The van der Waals surface area contributed by atoms with Crippen LogP contribution in [0, 0.1) is 0 Å². The van der Waals surface area contributed by atoms with Crippen LogP contribution in [-0.2, 0) is 7.05 Å². The lowest BCUT2D eigenvalue weighted by Crippen LogP contribution is -1.97. The van der Waals surface area contributed by atoms with E-state index in [9.17, 15) is 5.11 Å². The third kappa shape index (κ3) is 2.53. The quantitative estimate of drug-likeness (QED) is 0.768. The van der Waals surface area contributed by atoms with Crippen LogP contribution < -0.4 is 0 Å². The van der Waals surface area contributed by atoms with Crippen molar-refractivity contribution in [2.45, 2.75) is 12.5 Å². The zero-order valence-corrected chi connectivity index (χ0v) is 8.21. The predicted molar refractivity (Wildman–Crippen MR) is 51.2 cm³/mol. The molecular formula is C8H14N2OS. The summed E-state index contributed by atoms with van der Waals surface area (Å²) in [5, 5.41) is 13.6. The van der Waals surface area contributed by atoms with Gasteiger partial charge >= 0.3 is 0 Å². The Morgan fingerprint density at radius 2 is 2.50 bits per heavy atom. The minimum absolute atomic E-state index is 0.355. The van der Waals surface area contributed by atoms with Crippen LogP contribution in [-0.4, -0.2) is 26.9 Å². The number of hydrogen-bond donors (Lipinski definition) is 1. The molecule has 3 nitrogen and oxygen atoms in total. The maximum atomic E-state index is 9.60. The van der Waals surface area contributed by atoms with Gasteiger partial charge in [0.2, 0.25) is 0 Å². The smallest absolute Gasteiger partial charge is 0.0828 e. The maximum Gasteiger partial charge on any atom is 0.0828 e. The van der Waals surface area contributed by atoms with Crippen LogP contribution in [0.4, 0.5) is 0 Å². The molecule has 0 spiro atoms. The Balaban J connectivity index is 2.47. The summed E-state index contributed by atoms with van der Waals surface area (Å²) in [6, 6.07) is 0. The summed E-state index contributed by atoms with van der Waals surface area (Å²) in [5.41, 5.74) is 0.909. The van der Waals surface area contributed by atoms with Crippen LogP contribution in [0.15, 0.2) is 12.4 Å². The molecule has 1 aromatic heterocycles. The topological polar surface area (TPSA) is 38.1 Å². The second-order valence-electron chi connectivity index (χ2n) is 2.74. The number of aryl methyl sites for hydroxylation is 1. The standard InChI is InChI=1S/C8H14N2OS/c1-10-6-7(5-9-10)8(11)3-4-12-2/h5-6,8,11H,3-4H2,1-2H3. The van der Waals surface area contributed by atoms with E-state index in [1.165, 1.54) is 0 Å². The van der Waals surface area contributed by atoms with E-state index in [-0.39, 0.29) is 6.10 Å². The van der Waals surface area contributed by atoms with Crippen LogP contribution >= 0.6 is 11.8 Å². The van der Waals surface area contributed by atoms with Crippen LogP contribution in [0.5, 0.6) is 0 Å². The van der Waals surface area contributed by atoms with Crippen LogP contribution in [0.1, 0.15) is 18.1 Å². The average molecular weight is 186 g/mol. The molecule has 0 aliphatic heterocycles. The maximum absolute atomic E-state index is 9.60. The minimum atomic E-state index is -0.355. The number of rotatable bonds is 4. The molecule has 0 aliphatic rings. The van der Waals surface area contributed by atoms with Crippen LogP contribution in [0.3, 0.4) is 0 Å². The molecule has 4 heteroatoms. The van der Waals surface area contributed by atoms with Crippen molar-refractivity contribution in [2.24, 2.45) is 7.05 Å². The van der Waals surface area contributed by atoms with Gasteiger partial charge in [-0.2, -0.15) is 16.9 Å². The summed E-state index contributed by atoms with van der Waals surface area (Å²) < 4.78 is 1.71. The van der Waals surface area contributed by atoms with E-state index in [1.807, 2.05) is 19.5 Å². The van der Waals surface area contributed by atoms with E-state index in [1.54, 1.807) is 22.6 Å². The van der Waals surface area contributed by atoms with Crippen molar-refractivity contribution in [1.82, 2.24) is 9.78 Å². The molecule has 0 bridgehead atoms. The normalized spacial score (nSPS) is 13.2. The number of hydrogen-bond acceptors (Lipinski definition) is 3. The van der Waals surface area contributed by atoms with Crippen LogP contribution in [0.25, 0.3) is 0 Å². The van der Waals surface area contributed by atoms with Gasteiger partial charge in [0.25, 0.3) is 0 Å². The fourth-order valence-electron chi connectivity index (χ4n) is 1.01. The lowest BCUT2D eigenvalue weighted by atomic mass is 10.2. The van der Waals surface area contributed by atoms with Gasteiger partial charge in [-0.1, -0.05) is 0 Å². The SMILES string of the molecule is CSCCC(O)c1cnn(C)c1. The molecule has 12 heavy (non-hydrogen) atoms. The third-order valence-electron chi connectivity index (χ3n) is 1.71. The zero-order valence-electron chi connectivity index (χ0n) is 7.40. The van der Waals surface area contributed by atoms with E-state index in [0.29, 0.717) is 0 Å². The Bertz CT molecular complexity index is 237. The first-order valence-electron chi connectivity index (χ1n) is 3.89. The van der Waals surface area contributed by atoms with Crippen LogP contribution in [0.2, 0.25) is 0 Å². The van der Waals surface area contributed by atoms with Gasteiger partial charge in [0, 0.05) is 18.8 Å². The highest BCUT2D eigenvalue weighted by Crippen LogP contribution is 2.16. The molecule has 1 unspecified atom stereocenters. The van der Waals surface area contributed by atoms with E-state index >= 15 is 0 Å². The summed E-state index contributed by atoms with van der Waals surface area (Å²) >= 11 is 1.74. The van der Waals surface area contributed by atoms with E-state index < -0.39 is 0 Å². The first-order chi connectivity index (χ1) is 5.74. The predicted octanol–water partition coefficient (Wildman–Crippen LogP) is 1.21. The first-order valence-corrected chi connectivity index (χ1v) is 5.29. The summed E-state index contributed by atoms with van der Waals surface area (Å²) in [4.78, 5) is 0. The molecule has 1 aromatic rings. The monoisotopic (exact) mass is 186 g/mol. The Hall–Kier alpha value is -0.480. The van der Waals surface area contributed by atoms with Crippen molar-refractivity contribution in [3.63, 3.8) is 0 Å². The van der Waals surface area contributed by atoms with Crippen molar-refractivity contribution < 1.29 is 5.11 Å². The van der Waals surface area contributed by atoms with Gasteiger partial charge in [0.15, 0.2) is 0 Å². The lowest BCUT2D eigenvalue weighted by Gasteiger charge is -2.05. The molecule has 0 fully saturated rings. The molecule has 0 saturated carbocycles. The second kappa shape index (κ2) is 4.52. The highest BCUT2D eigenvalue weighted by molar-refractivity contribution is 7.98. The van der Waals surface area contributed by atoms with Crippen molar-refractivity contribution >= 4 is 11.8 Å². The van der Waals surface area contributed by atoms with Crippen molar-refractivity contribution in [3.05, 3.63) is 18.0 Å². The number of aliphatic hydroxyl groups excluding tert-OH is 1. The Morgan fingerprint density at radius 3 is 3.00 bits per heavy atom. The molecule has 0 aromatic carbocycles. The summed E-state index contributed by atoms with van der Waals surface area (Å²) in [7, 11) is 1.85. The molecule has 0 saturated heterocycles.